The van der Waals surface area contributed by atoms with Gasteiger partial charge in [-0.3, -0.25) is 10.1 Å². The van der Waals surface area contributed by atoms with Crippen LogP contribution in [0.25, 0.3) is 0 Å². The molecule has 2 rings (SSSR count). The molecule has 5 heteroatoms. The van der Waals surface area contributed by atoms with E-state index in [1.165, 1.54) is 6.07 Å². The quantitative estimate of drug-likeness (QED) is 0.615. The van der Waals surface area contributed by atoms with Crippen LogP contribution >= 0.6 is 0 Å². The van der Waals surface area contributed by atoms with Crippen molar-refractivity contribution in [3.8, 4) is 0 Å². The lowest BCUT2D eigenvalue weighted by atomic mass is 10.1. The molecule has 1 aromatic carbocycles. The van der Waals surface area contributed by atoms with Gasteiger partial charge in [-0.25, -0.2) is 0 Å². The van der Waals surface area contributed by atoms with Crippen LogP contribution in [0.2, 0.25) is 0 Å². The van der Waals surface area contributed by atoms with E-state index in [0.717, 1.165) is 25.8 Å². The predicted octanol–water partition coefficient (Wildman–Crippen LogP) is 3.66. The summed E-state index contributed by atoms with van der Waals surface area (Å²) in [5.74, 6) is 0.571. The molecule has 1 unspecified atom stereocenters. The minimum Gasteiger partial charge on any atom is -0.389 e. The summed E-state index contributed by atoms with van der Waals surface area (Å²) in [6.07, 6.45) is 2.54. The Morgan fingerprint density at radius 1 is 1.38 bits per heavy atom. The Kier molecular flexibility index (Phi) is 4.83. The van der Waals surface area contributed by atoms with Crippen molar-refractivity contribution in [3.63, 3.8) is 0 Å². The molecule has 1 aliphatic carbocycles. The van der Waals surface area contributed by atoms with Crippen molar-refractivity contribution in [3.05, 3.63) is 33.9 Å². The van der Waals surface area contributed by atoms with Crippen LogP contribution in [0, 0.1) is 16.0 Å². The van der Waals surface area contributed by atoms with Gasteiger partial charge in [-0.1, -0.05) is 19.9 Å². The van der Waals surface area contributed by atoms with Gasteiger partial charge in [-0.15, -0.1) is 0 Å². The molecule has 0 aromatic heterocycles. The summed E-state index contributed by atoms with van der Waals surface area (Å²) in [4.78, 5) is 13.2. The first kappa shape index (κ1) is 15.8. The second kappa shape index (κ2) is 6.43. The molecule has 116 valence electrons. The van der Waals surface area contributed by atoms with E-state index >= 15 is 0 Å². The van der Waals surface area contributed by atoms with Crippen molar-refractivity contribution in [1.29, 1.82) is 0 Å². The molecule has 0 radical (unpaired) electrons. The molecular formula is C16H24N2O3. The summed E-state index contributed by atoms with van der Waals surface area (Å²) >= 11 is 0. The summed E-state index contributed by atoms with van der Waals surface area (Å²) in [5, 5.41) is 21.0. The third-order valence-corrected chi connectivity index (χ3v) is 3.92. The SMILES string of the molecule is CC(C)CCN(c1ccc(C(C)O)cc1[N+](=O)[O-])C1CC1. The van der Waals surface area contributed by atoms with E-state index < -0.39 is 6.10 Å². The van der Waals surface area contributed by atoms with Gasteiger partial charge in [0.05, 0.1) is 11.0 Å². The fraction of sp³-hybridized carbons (Fsp3) is 0.625. The van der Waals surface area contributed by atoms with Crippen molar-refractivity contribution in [2.45, 2.75) is 52.2 Å². The molecule has 1 saturated carbocycles. The van der Waals surface area contributed by atoms with E-state index in [4.69, 9.17) is 0 Å². The molecule has 1 aromatic rings. The summed E-state index contributed by atoms with van der Waals surface area (Å²) < 4.78 is 0. The Balaban J connectivity index is 2.32. The lowest BCUT2D eigenvalue weighted by Gasteiger charge is -2.25. The van der Waals surface area contributed by atoms with Crippen molar-refractivity contribution in [2.75, 3.05) is 11.4 Å². The second-order valence-electron chi connectivity index (χ2n) is 6.29. The van der Waals surface area contributed by atoms with Crippen molar-refractivity contribution in [2.24, 2.45) is 5.92 Å². The first-order valence-corrected chi connectivity index (χ1v) is 7.63. The molecule has 0 spiro atoms. The Morgan fingerprint density at radius 3 is 2.52 bits per heavy atom. The zero-order valence-electron chi connectivity index (χ0n) is 13.0. The van der Waals surface area contributed by atoms with Crippen LogP contribution in [0.3, 0.4) is 0 Å². The summed E-state index contributed by atoms with van der Waals surface area (Å²) in [6.45, 7) is 6.79. The van der Waals surface area contributed by atoms with Gasteiger partial charge in [-0.2, -0.15) is 0 Å². The maximum atomic E-state index is 11.4. The van der Waals surface area contributed by atoms with Gasteiger partial charge in [0.2, 0.25) is 0 Å². The van der Waals surface area contributed by atoms with Crippen LogP contribution in [0.15, 0.2) is 18.2 Å². The Labute approximate surface area is 125 Å². The fourth-order valence-electron chi connectivity index (χ4n) is 2.47. The van der Waals surface area contributed by atoms with Gasteiger partial charge in [0.25, 0.3) is 5.69 Å². The normalized spacial score (nSPS) is 16.0. The van der Waals surface area contributed by atoms with Crippen molar-refractivity contribution < 1.29 is 10.0 Å². The van der Waals surface area contributed by atoms with E-state index in [1.807, 2.05) is 0 Å². The Hall–Kier alpha value is -1.62. The number of nitro benzene ring substituents is 1. The van der Waals surface area contributed by atoms with Crippen LogP contribution in [0.4, 0.5) is 11.4 Å². The number of aliphatic hydroxyl groups is 1. The fourth-order valence-corrected chi connectivity index (χ4v) is 2.47. The number of nitro groups is 1. The van der Waals surface area contributed by atoms with Crippen molar-refractivity contribution >= 4 is 11.4 Å². The lowest BCUT2D eigenvalue weighted by molar-refractivity contribution is -0.384. The monoisotopic (exact) mass is 292 g/mol. The van der Waals surface area contributed by atoms with Crippen LogP contribution < -0.4 is 4.90 Å². The molecule has 0 aliphatic heterocycles. The summed E-state index contributed by atoms with van der Waals surface area (Å²) in [7, 11) is 0. The lowest BCUT2D eigenvalue weighted by Crippen LogP contribution is -2.28. The number of rotatable bonds is 7. The predicted molar refractivity (Wildman–Crippen MR) is 83.6 cm³/mol. The third-order valence-electron chi connectivity index (χ3n) is 3.92. The Morgan fingerprint density at radius 2 is 2.05 bits per heavy atom. The van der Waals surface area contributed by atoms with E-state index in [0.29, 0.717) is 23.2 Å². The summed E-state index contributed by atoms with van der Waals surface area (Å²) in [5.41, 5.74) is 1.38. The van der Waals surface area contributed by atoms with Crippen LogP contribution in [-0.4, -0.2) is 22.6 Å². The average Bonchev–Trinajstić information content (AvgIpc) is 3.23. The van der Waals surface area contributed by atoms with Gasteiger partial charge in [-0.05, 0) is 43.7 Å². The molecule has 0 bridgehead atoms. The topological polar surface area (TPSA) is 66.6 Å². The van der Waals surface area contributed by atoms with Gasteiger partial charge < -0.3 is 10.0 Å². The molecule has 0 heterocycles. The number of benzene rings is 1. The van der Waals surface area contributed by atoms with E-state index in [9.17, 15) is 15.2 Å². The molecule has 5 nitrogen and oxygen atoms in total. The first-order chi connectivity index (χ1) is 9.90. The highest BCUT2D eigenvalue weighted by Gasteiger charge is 2.33. The van der Waals surface area contributed by atoms with Gasteiger partial charge in [0.1, 0.15) is 5.69 Å². The van der Waals surface area contributed by atoms with Crippen molar-refractivity contribution in [1.82, 2.24) is 0 Å². The minimum atomic E-state index is -0.692. The summed E-state index contributed by atoms with van der Waals surface area (Å²) in [6, 6.07) is 5.52. The highest BCUT2D eigenvalue weighted by molar-refractivity contribution is 5.65. The van der Waals surface area contributed by atoms with E-state index in [1.54, 1.807) is 19.1 Å². The number of nitrogens with zero attached hydrogens (tertiary/aromatic N) is 2. The highest BCUT2D eigenvalue weighted by atomic mass is 16.6. The standard InChI is InChI=1S/C16H24N2O3/c1-11(2)8-9-17(14-5-6-14)15-7-4-13(12(3)19)10-16(15)18(20)21/h4,7,10-12,14,19H,5-6,8-9H2,1-3H3. The van der Waals surface area contributed by atoms with E-state index in [-0.39, 0.29) is 10.6 Å². The molecule has 1 atom stereocenters. The molecule has 1 aliphatic rings. The maximum Gasteiger partial charge on any atom is 0.292 e. The molecule has 0 amide bonds. The number of hydrogen-bond acceptors (Lipinski definition) is 4. The van der Waals surface area contributed by atoms with Crippen LogP contribution in [0.5, 0.6) is 0 Å². The third kappa shape index (κ3) is 3.94. The molecule has 21 heavy (non-hydrogen) atoms. The number of aliphatic hydroxyl groups excluding tert-OH is 1. The van der Waals surface area contributed by atoms with Gasteiger partial charge in [0, 0.05) is 18.7 Å². The first-order valence-electron chi connectivity index (χ1n) is 7.63. The number of hydrogen-bond donors (Lipinski definition) is 1. The smallest absolute Gasteiger partial charge is 0.292 e. The number of anilines is 1. The van der Waals surface area contributed by atoms with Gasteiger partial charge >= 0.3 is 0 Å². The maximum absolute atomic E-state index is 11.4. The largest absolute Gasteiger partial charge is 0.389 e. The van der Waals surface area contributed by atoms with E-state index in [2.05, 4.69) is 18.7 Å². The average molecular weight is 292 g/mol. The minimum absolute atomic E-state index is 0.101. The highest BCUT2D eigenvalue weighted by Crippen LogP contribution is 2.38. The molecule has 1 fully saturated rings. The molecule has 1 N–H and O–H groups in total. The zero-order chi connectivity index (χ0) is 15.6. The Bertz CT molecular complexity index is 510. The zero-order valence-corrected chi connectivity index (χ0v) is 13.0. The molecule has 0 saturated heterocycles. The molecular weight excluding hydrogens is 268 g/mol. The van der Waals surface area contributed by atoms with Crippen LogP contribution in [0.1, 0.15) is 51.7 Å². The van der Waals surface area contributed by atoms with Gasteiger partial charge in [0.15, 0.2) is 0 Å². The second-order valence-corrected chi connectivity index (χ2v) is 6.29. The van der Waals surface area contributed by atoms with Crippen LogP contribution in [-0.2, 0) is 0 Å².